The molecule has 1 fully saturated rings. The van der Waals surface area contributed by atoms with Crippen LogP contribution in [0.4, 0.5) is 0 Å². The lowest BCUT2D eigenvalue weighted by atomic mass is 9.97. The minimum atomic E-state index is -1.34. The van der Waals surface area contributed by atoms with Crippen molar-refractivity contribution in [2.24, 2.45) is 0 Å². The second-order valence-electron chi connectivity index (χ2n) is 9.71. The Hall–Kier alpha value is -4.85. The number of hydrogen-bond acceptors (Lipinski definition) is 13. The molecule has 4 rings (SSSR count). The number of aromatic nitrogens is 4. The molecule has 3 aromatic rings. The molecule has 0 saturated carbocycles. The van der Waals surface area contributed by atoms with Crippen LogP contribution in [0.15, 0.2) is 54.6 Å². The van der Waals surface area contributed by atoms with Crippen LogP contribution < -0.4 is 4.74 Å². The number of nitrogens with zero attached hydrogens (tertiary/aromatic N) is 4. The van der Waals surface area contributed by atoms with Crippen LogP contribution in [0.2, 0.25) is 0 Å². The third-order valence-electron chi connectivity index (χ3n) is 6.20. The van der Waals surface area contributed by atoms with Gasteiger partial charge in [0.2, 0.25) is 6.23 Å². The van der Waals surface area contributed by atoms with Gasteiger partial charge >= 0.3 is 23.9 Å². The van der Waals surface area contributed by atoms with Gasteiger partial charge in [0.15, 0.2) is 24.1 Å². The Morgan fingerprint density at radius 3 is 2.02 bits per heavy atom. The van der Waals surface area contributed by atoms with Gasteiger partial charge in [0.05, 0.1) is 0 Å². The van der Waals surface area contributed by atoms with E-state index in [1.165, 1.54) is 6.92 Å². The minimum absolute atomic E-state index is 0.296. The molecule has 0 radical (unpaired) electrons. The maximum atomic E-state index is 12.1. The minimum Gasteiger partial charge on any atom is -0.489 e. The van der Waals surface area contributed by atoms with Crippen LogP contribution in [-0.2, 0) is 55.9 Å². The summed E-state index contributed by atoms with van der Waals surface area (Å²) < 4.78 is 33.3. The highest BCUT2D eigenvalue weighted by atomic mass is 16.7. The molecule has 14 nitrogen and oxygen atoms in total. The summed E-state index contributed by atoms with van der Waals surface area (Å²) in [5, 5.41) is 12.6. The monoisotopic (exact) mass is 596 g/mol. The number of benzene rings is 2. The first-order valence-electron chi connectivity index (χ1n) is 13.4. The Bertz CT molecular complexity index is 1410. The summed E-state index contributed by atoms with van der Waals surface area (Å²) >= 11 is 0. The third-order valence-corrected chi connectivity index (χ3v) is 6.20. The van der Waals surface area contributed by atoms with Crippen molar-refractivity contribution in [2.75, 3.05) is 6.61 Å². The summed E-state index contributed by atoms with van der Waals surface area (Å²) in [4.78, 5) is 48.7. The summed E-state index contributed by atoms with van der Waals surface area (Å²) in [5.41, 5.74) is 1.92. The molecular formula is C29H32N4O10. The topological polar surface area (TPSA) is 167 Å². The molecule has 43 heavy (non-hydrogen) atoms. The van der Waals surface area contributed by atoms with E-state index in [9.17, 15) is 19.2 Å². The highest BCUT2D eigenvalue weighted by Gasteiger charge is 2.53. The number of esters is 4. The highest BCUT2D eigenvalue weighted by molar-refractivity contribution is 5.68. The van der Waals surface area contributed by atoms with Gasteiger partial charge in [0.1, 0.15) is 25.1 Å². The fourth-order valence-electron chi connectivity index (χ4n) is 4.45. The molecule has 0 aliphatic carbocycles. The van der Waals surface area contributed by atoms with Gasteiger partial charge < -0.3 is 28.4 Å². The van der Waals surface area contributed by atoms with Crippen LogP contribution in [0.3, 0.4) is 0 Å². The van der Waals surface area contributed by atoms with E-state index >= 15 is 0 Å². The Balaban J connectivity index is 1.54. The molecule has 5 atom stereocenters. The molecule has 0 spiro atoms. The Morgan fingerprint density at radius 1 is 0.767 bits per heavy atom. The highest BCUT2D eigenvalue weighted by Crippen LogP contribution is 2.34. The van der Waals surface area contributed by atoms with E-state index in [1.807, 2.05) is 54.6 Å². The number of ether oxygens (including phenoxy) is 6. The summed E-state index contributed by atoms with van der Waals surface area (Å²) in [7, 11) is 0. The zero-order valence-electron chi connectivity index (χ0n) is 24.1. The predicted octanol–water partition coefficient (Wildman–Crippen LogP) is 2.10. The largest absolute Gasteiger partial charge is 0.489 e. The first kappa shape index (κ1) is 31.1. The zero-order chi connectivity index (χ0) is 30.9. The maximum absolute atomic E-state index is 12.1. The molecular weight excluding hydrogens is 564 g/mol. The fourth-order valence-corrected chi connectivity index (χ4v) is 4.45. The van der Waals surface area contributed by atoms with Crippen molar-refractivity contribution in [3.63, 3.8) is 0 Å². The number of carbonyl (C=O) groups is 4. The second kappa shape index (κ2) is 14.4. The van der Waals surface area contributed by atoms with Crippen LogP contribution in [0.25, 0.3) is 0 Å². The van der Waals surface area contributed by atoms with E-state index in [0.29, 0.717) is 24.6 Å². The van der Waals surface area contributed by atoms with Gasteiger partial charge in [-0.3, -0.25) is 19.2 Å². The molecule has 1 saturated heterocycles. The van der Waals surface area contributed by atoms with Crippen molar-refractivity contribution in [2.45, 2.75) is 71.4 Å². The van der Waals surface area contributed by atoms with Crippen LogP contribution >= 0.6 is 0 Å². The second-order valence-corrected chi connectivity index (χ2v) is 9.71. The van der Waals surface area contributed by atoms with Crippen LogP contribution in [0, 0.1) is 0 Å². The van der Waals surface area contributed by atoms with Gasteiger partial charge in [0.25, 0.3) is 0 Å². The molecule has 5 unspecified atom stereocenters. The average Bonchev–Trinajstić information content (AvgIpc) is 3.42. The average molecular weight is 597 g/mol. The summed E-state index contributed by atoms with van der Waals surface area (Å²) in [6, 6.07) is 17.2. The SMILES string of the molecule is CC(=O)OCC1OC(n2nnc(Cc3ccc(OCc4ccccc4)cc3)n2)C(OC(C)=O)C(OC(C)=O)C1OC(C)=O. The maximum Gasteiger partial charge on any atom is 0.303 e. The standard InChI is InChI=1S/C29H32N4O10/c1-17(34)38-16-24-26(40-18(2)35)27(41-19(3)36)28(42-20(4)37)29(43-24)33-31-25(30-32-33)14-21-10-12-23(13-11-21)39-15-22-8-6-5-7-9-22/h5-13,24,26-29H,14-16H2,1-4H3. The van der Waals surface area contributed by atoms with Crippen LogP contribution in [0.1, 0.15) is 50.9 Å². The van der Waals surface area contributed by atoms with Crippen molar-refractivity contribution in [1.82, 2.24) is 20.2 Å². The Kier molecular flexibility index (Phi) is 10.4. The van der Waals surface area contributed by atoms with Gasteiger partial charge in [-0.25, -0.2) is 0 Å². The molecule has 0 N–H and O–H groups in total. The summed E-state index contributed by atoms with van der Waals surface area (Å²) in [5.74, 6) is -1.81. The molecule has 1 aliphatic heterocycles. The Labute approximate surface area is 247 Å². The quantitative estimate of drug-likeness (QED) is 0.233. The van der Waals surface area contributed by atoms with Crippen molar-refractivity contribution < 1.29 is 47.6 Å². The summed E-state index contributed by atoms with van der Waals surface area (Å²) in [6.07, 6.45) is -6.09. The molecule has 0 bridgehead atoms. The zero-order valence-corrected chi connectivity index (χ0v) is 24.1. The molecule has 1 aliphatic rings. The van der Waals surface area contributed by atoms with Gasteiger partial charge in [-0.05, 0) is 28.5 Å². The van der Waals surface area contributed by atoms with Crippen molar-refractivity contribution in [1.29, 1.82) is 0 Å². The molecule has 0 amide bonds. The molecule has 2 aromatic carbocycles. The lowest BCUT2D eigenvalue weighted by Crippen LogP contribution is -2.60. The molecule has 2 heterocycles. The lowest BCUT2D eigenvalue weighted by molar-refractivity contribution is -0.272. The van der Waals surface area contributed by atoms with E-state index in [2.05, 4.69) is 15.4 Å². The number of tetrazole rings is 1. The first-order valence-corrected chi connectivity index (χ1v) is 13.4. The van der Waals surface area contributed by atoms with E-state index in [1.54, 1.807) is 0 Å². The van der Waals surface area contributed by atoms with Gasteiger partial charge in [-0.1, -0.05) is 42.5 Å². The van der Waals surface area contributed by atoms with Gasteiger partial charge in [0, 0.05) is 34.1 Å². The Morgan fingerprint density at radius 2 is 1.40 bits per heavy atom. The normalized spacial score (nSPS) is 21.3. The smallest absolute Gasteiger partial charge is 0.303 e. The third kappa shape index (κ3) is 8.82. The van der Waals surface area contributed by atoms with Gasteiger partial charge in [-0.2, -0.15) is 0 Å². The fraction of sp³-hybridized carbons (Fsp3) is 0.414. The van der Waals surface area contributed by atoms with Crippen molar-refractivity contribution in [3.8, 4) is 5.75 Å². The van der Waals surface area contributed by atoms with Crippen LogP contribution in [0.5, 0.6) is 5.75 Å². The van der Waals surface area contributed by atoms with E-state index in [-0.39, 0.29) is 6.61 Å². The van der Waals surface area contributed by atoms with E-state index in [0.717, 1.165) is 36.7 Å². The summed E-state index contributed by atoms with van der Waals surface area (Å²) in [6.45, 7) is 4.71. The predicted molar refractivity (Wildman–Crippen MR) is 145 cm³/mol. The van der Waals surface area contributed by atoms with E-state index in [4.69, 9.17) is 28.4 Å². The first-order chi connectivity index (χ1) is 20.6. The van der Waals surface area contributed by atoms with Crippen molar-refractivity contribution in [3.05, 3.63) is 71.5 Å². The lowest BCUT2D eigenvalue weighted by Gasteiger charge is -2.43. The number of hydrogen-bond donors (Lipinski definition) is 0. The molecule has 14 heteroatoms. The number of rotatable bonds is 11. The molecule has 1 aromatic heterocycles. The van der Waals surface area contributed by atoms with E-state index < -0.39 is 54.5 Å². The van der Waals surface area contributed by atoms with Gasteiger partial charge in [-0.15, -0.1) is 15.0 Å². The molecule has 228 valence electrons. The van der Waals surface area contributed by atoms with Crippen molar-refractivity contribution >= 4 is 23.9 Å². The number of carbonyl (C=O) groups excluding carboxylic acids is 4. The van der Waals surface area contributed by atoms with Crippen LogP contribution in [-0.4, -0.2) is 75.1 Å².